The van der Waals surface area contributed by atoms with E-state index in [1.807, 2.05) is 53.0 Å². The number of amides is 1. The number of carbonyl (C=O) groups is 1. The van der Waals surface area contributed by atoms with Gasteiger partial charge in [0.15, 0.2) is 0 Å². The number of benzene rings is 2. The molecule has 28 heavy (non-hydrogen) atoms. The van der Waals surface area contributed by atoms with E-state index in [1.54, 1.807) is 0 Å². The summed E-state index contributed by atoms with van der Waals surface area (Å²) in [4.78, 5) is 15.1. The minimum absolute atomic E-state index is 0.0998. The van der Waals surface area contributed by atoms with Crippen molar-refractivity contribution in [3.05, 3.63) is 54.1 Å². The highest BCUT2D eigenvalue weighted by atomic mass is 16.2. The van der Waals surface area contributed by atoms with E-state index in [2.05, 4.69) is 41.6 Å². The molecule has 2 aromatic carbocycles. The van der Waals surface area contributed by atoms with E-state index in [-0.39, 0.29) is 5.91 Å². The molecule has 1 aromatic heterocycles. The molecule has 0 saturated heterocycles. The quantitative estimate of drug-likeness (QED) is 0.759. The molecule has 1 aliphatic heterocycles. The second kappa shape index (κ2) is 7.56. The van der Waals surface area contributed by atoms with Crippen molar-refractivity contribution in [3.63, 3.8) is 0 Å². The second-order valence-electron chi connectivity index (χ2n) is 7.42. The summed E-state index contributed by atoms with van der Waals surface area (Å²) in [5.41, 5.74) is 5.77. The molecule has 2 heterocycles. The lowest BCUT2D eigenvalue weighted by Crippen LogP contribution is -2.35. The van der Waals surface area contributed by atoms with Crippen LogP contribution in [0.25, 0.3) is 22.5 Å². The smallest absolute Gasteiger partial charge is 0.228 e. The summed E-state index contributed by atoms with van der Waals surface area (Å²) in [7, 11) is 1.91. The molecule has 0 aliphatic carbocycles. The minimum Gasteiger partial charge on any atom is -0.314 e. The van der Waals surface area contributed by atoms with Crippen LogP contribution >= 0.6 is 0 Å². The van der Waals surface area contributed by atoms with Gasteiger partial charge in [0, 0.05) is 37.2 Å². The summed E-state index contributed by atoms with van der Waals surface area (Å²) < 4.78 is 1.81. The average molecular weight is 375 g/mol. The predicted octanol–water partition coefficient (Wildman–Crippen LogP) is 3.38. The first-order valence-electron chi connectivity index (χ1n) is 9.67. The number of fused-ring (bicyclic) bond motifs is 5. The molecule has 0 saturated carbocycles. The Kier molecular flexibility index (Phi) is 4.96. The highest BCUT2D eigenvalue weighted by Crippen LogP contribution is 2.40. The van der Waals surface area contributed by atoms with Crippen LogP contribution in [0, 0.1) is 0 Å². The fourth-order valence-electron chi connectivity index (χ4n) is 3.72. The lowest BCUT2D eigenvalue weighted by Gasteiger charge is -2.28. The number of carbonyl (C=O) groups excluding carboxylic acids is 1. The number of nitrogens with zero attached hydrogens (tertiary/aromatic N) is 4. The first kappa shape index (κ1) is 18.4. The van der Waals surface area contributed by atoms with Gasteiger partial charge in [-0.3, -0.25) is 4.79 Å². The number of aromatic nitrogens is 3. The molecule has 1 aliphatic rings. The van der Waals surface area contributed by atoms with E-state index in [0.717, 1.165) is 33.8 Å². The van der Waals surface area contributed by atoms with Gasteiger partial charge in [-0.15, -0.1) is 5.10 Å². The van der Waals surface area contributed by atoms with Gasteiger partial charge < -0.3 is 10.2 Å². The van der Waals surface area contributed by atoms with Crippen LogP contribution in [0.4, 0.5) is 5.69 Å². The average Bonchev–Trinajstić information content (AvgIpc) is 3.05. The first-order valence-corrected chi connectivity index (χ1v) is 9.67. The number of hydrogen-bond donors (Lipinski definition) is 1. The zero-order chi connectivity index (χ0) is 19.7. The molecule has 6 nitrogen and oxygen atoms in total. The summed E-state index contributed by atoms with van der Waals surface area (Å²) in [6.07, 6.45) is 0.446. The zero-order valence-electron chi connectivity index (χ0n) is 16.5. The SMILES string of the molecule is CC(C)NCCC(=O)N1Cc2ccccc2-c2c(nnn2C)-c2ccccc21. The van der Waals surface area contributed by atoms with Gasteiger partial charge in [0.25, 0.3) is 0 Å². The third-order valence-electron chi connectivity index (χ3n) is 5.07. The summed E-state index contributed by atoms with van der Waals surface area (Å²) >= 11 is 0. The van der Waals surface area contributed by atoms with Crippen molar-refractivity contribution in [3.8, 4) is 22.5 Å². The highest BCUT2D eigenvalue weighted by Gasteiger charge is 2.28. The summed E-state index contributed by atoms with van der Waals surface area (Å²) in [6.45, 7) is 5.36. The van der Waals surface area contributed by atoms with E-state index in [4.69, 9.17) is 0 Å². The van der Waals surface area contributed by atoms with Crippen LogP contribution in [0.15, 0.2) is 48.5 Å². The molecule has 0 radical (unpaired) electrons. The topological polar surface area (TPSA) is 63.1 Å². The van der Waals surface area contributed by atoms with Crippen LogP contribution in [0.1, 0.15) is 25.8 Å². The number of aryl methyl sites for hydroxylation is 1. The number of para-hydroxylation sites is 1. The maximum absolute atomic E-state index is 13.2. The van der Waals surface area contributed by atoms with Crippen molar-refractivity contribution in [1.29, 1.82) is 0 Å². The Morgan fingerprint density at radius 3 is 2.61 bits per heavy atom. The second-order valence-corrected chi connectivity index (χ2v) is 7.42. The molecule has 1 amide bonds. The fraction of sp³-hybridized carbons (Fsp3) is 0.318. The Labute approximate surface area is 165 Å². The van der Waals surface area contributed by atoms with Gasteiger partial charge in [-0.25, -0.2) is 4.68 Å². The van der Waals surface area contributed by atoms with Gasteiger partial charge in [-0.1, -0.05) is 61.5 Å². The summed E-state index contributed by atoms with van der Waals surface area (Å²) in [6, 6.07) is 16.5. The van der Waals surface area contributed by atoms with Gasteiger partial charge in [-0.05, 0) is 11.6 Å². The molecular weight excluding hydrogens is 350 g/mol. The van der Waals surface area contributed by atoms with E-state index in [1.165, 1.54) is 0 Å². The molecule has 4 rings (SSSR count). The highest BCUT2D eigenvalue weighted by molar-refractivity contribution is 6.00. The van der Waals surface area contributed by atoms with Crippen LogP contribution in [0.3, 0.4) is 0 Å². The van der Waals surface area contributed by atoms with Crippen molar-refractivity contribution in [2.45, 2.75) is 32.9 Å². The van der Waals surface area contributed by atoms with Crippen LogP contribution in [-0.4, -0.2) is 33.5 Å². The van der Waals surface area contributed by atoms with E-state index >= 15 is 0 Å². The predicted molar refractivity (Wildman–Crippen MR) is 111 cm³/mol. The maximum atomic E-state index is 13.2. The van der Waals surface area contributed by atoms with Crippen LogP contribution < -0.4 is 10.2 Å². The molecule has 0 bridgehead atoms. The maximum Gasteiger partial charge on any atom is 0.228 e. The molecule has 3 aromatic rings. The number of nitrogens with one attached hydrogen (secondary N) is 1. The number of hydrogen-bond acceptors (Lipinski definition) is 4. The first-order chi connectivity index (χ1) is 13.6. The van der Waals surface area contributed by atoms with E-state index in [9.17, 15) is 4.79 Å². The van der Waals surface area contributed by atoms with Crippen LogP contribution in [0.2, 0.25) is 0 Å². The van der Waals surface area contributed by atoms with Gasteiger partial charge in [0.05, 0.1) is 17.9 Å². The summed E-state index contributed by atoms with van der Waals surface area (Å²) in [5, 5.41) is 12.0. The third kappa shape index (κ3) is 3.31. The molecular formula is C22H25N5O. The molecule has 6 heteroatoms. The molecule has 0 atom stereocenters. The van der Waals surface area contributed by atoms with Gasteiger partial charge in [0.1, 0.15) is 5.69 Å². The lowest BCUT2D eigenvalue weighted by molar-refractivity contribution is -0.118. The van der Waals surface area contributed by atoms with Crippen LogP contribution in [0.5, 0.6) is 0 Å². The van der Waals surface area contributed by atoms with Crippen molar-refractivity contribution in [2.75, 3.05) is 11.4 Å². The largest absolute Gasteiger partial charge is 0.314 e. The third-order valence-corrected chi connectivity index (χ3v) is 5.07. The van der Waals surface area contributed by atoms with Gasteiger partial charge in [-0.2, -0.15) is 0 Å². The van der Waals surface area contributed by atoms with Gasteiger partial charge in [0.2, 0.25) is 5.91 Å². The van der Waals surface area contributed by atoms with Crippen molar-refractivity contribution in [1.82, 2.24) is 20.3 Å². The standard InChI is InChI=1S/C22H25N5O/c1-15(2)23-13-12-20(28)27-14-16-8-4-5-9-17(16)22-21(24-25-26(22)3)18-10-6-7-11-19(18)27/h4-11,15,23H,12-14H2,1-3H3. The van der Waals surface area contributed by atoms with Crippen molar-refractivity contribution < 1.29 is 4.79 Å². The van der Waals surface area contributed by atoms with Crippen molar-refractivity contribution >= 4 is 11.6 Å². The van der Waals surface area contributed by atoms with Crippen molar-refractivity contribution in [2.24, 2.45) is 7.05 Å². The zero-order valence-corrected chi connectivity index (χ0v) is 16.5. The lowest BCUT2D eigenvalue weighted by atomic mass is 9.95. The Morgan fingerprint density at radius 2 is 1.82 bits per heavy atom. The monoisotopic (exact) mass is 375 g/mol. The fourth-order valence-corrected chi connectivity index (χ4v) is 3.72. The minimum atomic E-state index is 0.0998. The molecule has 0 unspecified atom stereocenters. The molecule has 0 spiro atoms. The summed E-state index contributed by atoms with van der Waals surface area (Å²) in [5.74, 6) is 0.0998. The Balaban J connectivity index is 1.83. The Bertz CT molecular complexity index is 1010. The van der Waals surface area contributed by atoms with E-state index < -0.39 is 0 Å². The van der Waals surface area contributed by atoms with Crippen LogP contribution in [-0.2, 0) is 18.4 Å². The normalized spacial score (nSPS) is 12.8. The molecule has 1 N–H and O–H groups in total. The Morgan fingerprint density at radius 1 is 1.11 bits per heavy atom. The number of rotatable bonds is 4. The van der Waals surface area contributed by atoms with E-state index in [0.29, 0.717) is 25.6 Å². The Hall–Kier alpha value is -2.99. The number of anilines is 1. The molecule has 144 valence electrons. The van der Waals surface area contributed by atoms with Gasteiger partial charge >= 0.3 is 0 Å². The molecule has 0 fully saturated rings.